The van der Waals surface area contributed by atoms with Gasteiger partial charge in [-0.25, -0.2) is 17.7 Å². The standard InChI is InChI=1S/C19H22BrN3O4S/c1-28(25,26)23-10-8-14(9-11-23)12-22-19(24)15-2-7-18(21-13-15)27-17-5-3-16(20)4-6-17/h2-7,13-14H,8-12H2,1H3,(H,22,24). The van der Waals surface area contributed by atoms with Gasteiger partial charge in [0.15, 0.2) is 0 Å². The summed E-state index contributed by atoms with van der Waals surface area (Å²) in [6.45, 7) is 1.53. The molecular formula is C19H22BrN3O4S. The largest absolute Gasteiger partial charge is 0.439 e. The molecule has 0 aliphatic carbocycles. The minimum Gasteiger partial charge on any atom is -0.439 e. The summed E-state index contributed by atoms with van der Waals surface area (Å²) in [5.74, 6) is 1.14. The van der Waals surface area contributed by atoms with Gasteiger partial charge in [-0.1, -0.05) is 15.9 Å². The Labute approximate surface area is 173 Å². The van der Waals surface area contributed by atoms with Gasteiger partial charge in [0, 0.05) is 36.4 Å². The molecule has 1 saturated heterocycles. The number of aromatic nitrogens is 1. The van der Waals surface area contributed by atoms with E-state index in [0.717, 1.165) is 17.3 Å². The first kappa shape index (κ1) is 20.8. The number of carbonyl (C=O) groups excluding carboxylic acids is 1. The van der Waals surface area contributed by atoms with E-state index in [0.29, 0.717) is 36.8 Å². The monoisotopic (exact) mass is 467 g/mol. The molecule has 1 amide bonds. The Kier molecular flexibility index (Phi) is 6.69. The van der Waals surface area contributed by atoms with E-state index in [1.54, 1.807) is 12.1 Å². The van der Waals surface area contributed by atoms with Crippen molar-refractivity contribution < 1.29 is 17.9 Å². The number of hydrogen-bond donors (Lipinski definition) is 1. The number of carbonyl (C=O) groups is 1. The Morgan fingerprint density at radius 1 is 1.21 bits per heavy atom. The summed E-state index contributed by atoms with van der Waals surface area (Å²) >= 11 is 3.37. The minimum atomic E-state index is -3.13. The number of halogens is 1. The van der Waals surface area contributed by atoms with E-state index in [-0.39, 0.29) is 11.8 Å². The molecule has 0 bridgehead atoms. The zero-order valence-electron chi connectivity index (χ0n) is 15.5. The predicted octanol–water partition coefficient (Wildman–Crippen LogP) is 3.04. The van der Waals surface area contributed by atoms with E-state index in [1.165, 1.54) is 16.8 Å². The average Bonchev–Trinajstić information content (AvgIpc) is 2.68. The van der Waals surface area contributed by atoms with E-state index >= 15 is 0 Å². The van der Waals surface area contributed by atoms with Crippen LogP contribution in [0.5, 0.6) is 11.6 Å². The summed E-state index contributed by atoms with van der Waals surface area (Å²) in [6, 6.07) is 10.7. The summed E-state index contributed by atoms with van der Waals surface area (Å²) in [4.78, 5) is 16.5. The summed E-state index contributed by atoms with van der Waals surface area (Å²) in [6.07, 6.45) is 4.19. The lowest BCUT2D eigenvalue weighted by molar-refractivity contribution is 0.0941. The molecule has 0 spiro atoms. The summed E-state index contributed by atoms with van der Waals surface area (Å²) in [7, 11) is -3.13. The van der Waals surface area contributed by atoms with Gasteiger partial charge in [0.1, 0.15) is 5.75 Å². The molecule has 1 aliphatic heterocycles. The molecule has 1 aromatic carbocycles. The molecule has 7 nitrogen and oxygen atoms in total. The summed E-state index contributed by atoms with van der Waals surface area (Å²) in [5, 5.41) is 2.90. The van der Waals surface area contributed by atoms with E-state index in [4.69, 9.17) is 4.74 Å². The maximum atomic E-state index is 12.3. The molecule has 1 aliphatic rings. The third-order valence-electron chi connectivity index (χ3n) is 4.63. The smallest absolute Gasteiger partial charge is 0.252 e. The number of pyridine rings is 1. The molecule has 0 saturated carbocycles. The van der Waals surface area contributed by atoms with Gasteiger partial charge in [0.2, 0.25) is 15.9 Å². The lowest BCUT2D eigenvalue weighted by Crippen LogP contribution is -2.41. The quantitative estimate of drug-likeness (QED) is 0.704. The topological polar surface area (TPSA) is 88.6 Å². The molecule has 0 radical (unpaired) electrons. The predicted molar refractivity (Wildman–Crippen MR) is 110 cm³/mol. The van der Waals surface area contributed by atoms with E-state index in [1.807, 2.05) is 24.3 Å². The molecule has 2 heterocycles. The Morgan fingerprint density at radius 3 is 2.46 bits per heavy atom. The van der Waals surface area contributed by atoms with Gasteiger partial charge in [-0.2, -0.15) is 0 Å². The summed E-state index contributed by atoms with van der Waals surface area (Å²) < 4.78 is 31.2. The third kappa shape index (κ3) is 5.76. The molecule has 0 unspecified atom stereocenters. The Balaban J connectivity index is 1.48. The van der Waals surface area contributed by atoms with Crippen LogP contribution in [0.1, 0.15) is 23.2 Å². The van der Waals surface area contributed by atoms with Crippen LogP contribution in [-0.2, 0) is 10.0 Å². The molecule has 1 fully saturated rings. The fourth-order valence-corrected chi connectivity index (χ4v) is 4.12. The van der Waals surface area contributed by atoms with Crippen LogP contribution in [0.25, 0.3) is 0 Å². The number of piperidine rings is 1. The minimum absolute atomic E-state index is 0.201. The fraction of sp³-hybridized carbons (Fsp3) is 0.368. The van der Waals surface area contributed by atoms with Crippen molar-refractivity contribution in [3.05, 3.63) is 52.6 Å². The molecule has 1 aromatic heterocycles. The zero-order valence-corrected chi connectivity index (χ0v) is 17.9. The lowest BCUT2D eigenvalue weighted by atomic mass is 9.98. The van der Waals surface area contributed by atoms with Gasteiger partial charge in [-0.05, 0) is 49.1 Å². The van der Waals surface area contributed by atoms with Crippen LogP contribution in [0.15, 0.2) is 47.1 Å². The normalized spacial score (nSPS) is 15.9. The lowest BCUT2D eigenvalue weighted by Gasteiger charge is -2.30. The van der Waals surface area contributed by atoms with Crippen molar-refractivity contribution >= 4 is 31.9 Å². The second-order valence-electron chi connectivity index (χ2n) is 6.76. The maximum Gasteiger partial charge on any atom is 0.252 e. The highest BCUT2D eigenvalue weighted by atomic mass is 79.9. The molecule has 3 rings (SSSR count). The zero-order chi connectivity index (χ0) is 20.1. The van der Waals surface area contributed by atoms with Crippen LogP contribution in [-0.4, -0.2) is 49.5 Å². The van der Waals surface area contributed by atoms with Crippen molar-refractivity contribution in [1.82, 2.24) is 14.6 Å². The van der Waals surface area contributed by atoms with Crippen LogP contribution in [0.3, 0.4) is 0 Å². The van der Waals surface area contributed by atoms with E-state index in [2.05, 4.69) is 26.2 Å². The molecule has 9 heteroatoms. The Hall–Kier alpha value is -1.97. The van der Waals surface area contributed by atoms with Gasteiger partial charge in [0.05, 0.1) is 11.8 Å². The number of rotatable bonds is 6. The molecule has 2 aromatic rings. The number of nitrogens with zero attached hydrogens (tertiary/aromatic N) is 2. The first-order chi connectivity index (χ1) is 13.3. The Bertz CT molecular complexity index is 909. The Morgan fingerprint density at radius 2 is 1.89 bits per heavy atom. The third-order valence-corrected chi connectivity index (χ3v) is 6.46. The van der Waals surface area contributed by atoms with Crippen LogP contribution in [0.4, 0.5) is 0 Å². The molecule has 150 valence electrons. The number of benzene rings is 1. The van der Waals surface area contributed by atoms with Gasteiger partial charge in [0.25, 0.3) is 5.91 Å². The van der Waals surface area contributed by atoms with E-state index < -0.39 is 10.0 Å². The number of hydrogen-bond acceptors (Lipinski definition) is 5. The van der Waals surface area contributed by atoms with Gasteiger partial charge < -0.3 is 10.1 Å². The number of nitrogens with one attached hydrogen (secondary N) is 1. The highest BCUT2D eigenvalue weighted by Crippen LogP contribution is 2.22. The summed E-state index contributed by atoms with van der Waals surface area (Å²) in [5.41, 5.74) is 0.455. The van der Waals surface area contributed by atoms with Crippen molar-refractivity contribution in [2.24, 2.45) is 5.92 Å². The highest BCUT2D eigenvalue weighted by molar-refractivity contribution is 9.10. The first-order valence-electron chi connectivity index (χ1n) is 8.94. The van der Waals surface area contributed by atoms with Crippen molar-refractivity contribution in [3.63, 3.8) is 0 Å². The van der Waals surface area contributed by atoms with Crippen molar-refractivity contribution in [3.8, 4) is 11.6 Å². The van der Waals surface area contributed by atoms with Crippen molar-refractivity contribution in [1.29, 1.82) is 0 Å². The van der Waals surface area contributed by atoms with Crippen molar-refractivity contribution in [2.75, 3.05) is 25.9 Å². The maximum absolute atomic E-state index is 12.3. The SMILES string of the molecule is CS(=O)(=O)N1CCC(CNC(=O)c2ccc(Oc3ccc(Br)cc3)nc2)CC1. The second-order valence-corrected chi connectivity index (χ2v) is 9.65. The highest BCUT2D eigenvalue weighted by Gasteiger charge is 2.25. The fourth-order valence-electron chi connectivity index (χ4n) is 2.98. The molecule has 1 N–H and O–H groups in total. The molecular weight excluding hydrogens is 446 g/mol. The number of amides is 1. The molecule has 0 atom stereocenters. The van der Waals surface area contributed by atoms with Crippen molar-refractivity contribution in [2.45, 2.75) is 12.8 Å². The average molecular weight is 468 g/mol. The van der Waals surface area contributed by atoms with Crippen LogP contribution in [0, 0.1) is 5.92 Å². The second kappa shape index (κ2) is 9.02. The first-order valence-corrected chi connectivity index (χ1v) is 11.6. The van der Waals surface area contributed by atoms with Gasteiger partial charge >= 0.3 is 0 Å². The van der Waals surface area contributed by atoms with Crippen LogP contribution >= 0.6 is 15.9 Å². The van der Waals surface area contributed by atoms with Crippen LogP contribution in [0.2, 0.25) is 0 Å². The molecule has 28 heavy (non-hydrogen) atoms. The number of ether oxygens (including phenoxy) is 1. The van der Waals surface area contributed by atoms with Gasteiger partial charge in [-0.15, -0.1) is 0 Å². The number of sulfonamides is 1. The van der Waals surface area contributed by atoms with Crippen LogP contribution < -0.4 is 10.1 Å². The van der Waals surface area contributed by atoms with E-state index in [9.17, 15) is 13.2 Å². The van der Waals surface area contributed by atoms with Gasteiger partial charge in [-0.3, -0.25) is 4.79 Å².